The fourth-order valence-electron chi connectivity index (χ4n) is 1.91. The molecule has 0 aliphatic rings. The smallest absolute Gasteiger partial charge is 0.460 e. The molecule has 0 aromatic heterocycles. The summed E-state index contributed by atoms with van der Waals surface area (Å²) in [7, 11) is 0. The van der Waals surface area contributed by atoms with Gasteiger partial charge in [0.1, 0.15) is 0 Å². The van der Waals surface area contributed by atoms with Gasteiger partial charge in [0.05, 0.1) is 13.0 Å². The van der Waals surface area contributed by atoms with E-state index in [0.29, 0.717) is 6.92 Å². The molecule has 2 nitrogen and oxygen atoms in total. The lowest BCUT2D eigenvalue weighted by Gasteiger charge is -2.40. The number of hydrogen-bond donors (Lipinski definition) is 0. The summed E-state index contributed by atoms with van der Waals surface area (Å²) in [5, 5.41) is 0. The Kier molecular flexibility index (Phi) is 8.41. The molecule has 18 heteroatoms. The van der Waals surface area contributed by atoms with Gasteiger partial charge in [-0.15, -0.1) is 0 Å². The number of carbonyl (C=O) groups excluding carboxylic acids is 1. The molecule has 0 aliphatic heterocycles. The van der Waals surface area contributed by atoms with E-state index in [1.54, 1.807) is 0 Å². The van der Waals surface area contributed by atoms with Crippen LogP contribution in [0.15, 0.2) is 0 Å². The molecule has 198 valence electrons. The number of alkyl halides is 16. The Morgan fingerprint density at radius 1 is 0.667 bits per heavy atom. The Hall–Kier alpha value is -1.65. The van der Waals surface area contributed by atoms with E-state index in [1.165, 1.54) is 0 Å². The van der Waals surface area contributed by atoms with Gasteiger partial charge in [-0.25, -0.2) is 18.0 Å². The van der Waals surface area contributed by atoms with Crippen molar-refractivity contribution in [2.45, 2.75) is 80.5 Å². The molecular formula is C15H14F16O2. The summed E-state index contributed by atoms with van der Waals surface area (Å²) in [5.41, 5.74) is -2.76. The van der Waals surface area contributed by atoms with Crippen molar-refractivity contribution >= 4 is 5.97 Å². The molecule has 0 fully saturated rings. The summed E-state index contributed by atoms with van der Waals surface area (Å²) in [6, 6.07) is 0. The van der Waals surface area contributed by atoms with E-state index in [1.807, 2.05) is 0 Å². The van der Waals surface area contributed by atoms with Crippen LogP contribution in [-0.4, -0.2) is 60.0 Å². The molecule has 0 spiro atoms. The normalized spacial score (nSPS) is 17.0. The van der Waals surface area contributed by atoms with Gasteiger partial charge in [-0.1, -0.05) is 6.92 Å². The summed E-state index contributed by atoms with van der Waals surface area (Å²) >= 11 is 0. The summed E-state index contributed by atoms with van der Waals surface area (Å²) in [6.07, 6.45) is -14.2. The lowest BCUT2D eigenvalue weighted by Crippen LogP contribution is -2.70. The van der Waals surface area contributed by atoms with E-state index >= 15 is 0 Å². The number of esters is 1. The van der Waals surface area contributed by atoms with Gasteiger partial charge in [-0.3, -0.25) is 0 Å². The van der Waals surface area contributed by atoms with Gasteiger partial charge < -0.3 is 4.74 Å². The minimum atomic E-state index is -8.21. The zero-order valence-electron chi connectivity index (χ0n) is 16.2. The van der Waals surface area contributed by atoms with Gasteiger partial charge in [-0.05, 0) is 13.3 Å². The molecule has 0 bridgehead atoms. The van der Waals surface area contributed by atoms with Crippen LogP contribution in [0.5, 0.6) is 0 Å². The highest BCUT2D eigenvalue weighted by Gasteiger charge is 2.90. The third-order valence-corrected chi connectivity index (χ3v) is 4.27. The molecular weight excluding hydrogens is 516 g/mol. The maximum Gasteiger partial charge on any atom is 0.460 e. The number of halogens is 16. The highest BCUT2D eigenvalue weighted by atomic mass is 19.4. The average Bonchev–Trinajstić information content (AvgIpc) is 2.58. The molecule has 0 radical (unpaired) electrons. The van der Waals surface area contributed by atoms with Crippen molar-refractivity contribution in [2.24, 2.45) is 0 Å². The second kappa shape index (κ2) is 8.85. The van der Waals surface area contributed by atoms with Crippen LogP contribution in [0.2, 0.25) is 0 Å². The van der Waals surface area contributed by atoms with Crippen LogP contribution in [-0.2, 0) is 9.53 Å². The van der Waals surface area contributed by atoms with Gasteiger partial charge in [0.25, 0.3) is 5.92 Å². The lowest BCUT2D eigenvalue weighted by atomic mass is 9.91. The fraction of sp³-hybridized carbons (Fsp3) is 0.933. The molecule has 0 heterocycles. The molecule has 0 aliphatic carbocycles. The van der Waals surface area contributed by atoms with Crippen LogP contribution in [0, 0.1) is 0 Å². The first-order valence-electron chi connectivity index (χ1n) is 8.34. The number of ether oxygens (including phenoxy) is 1. The van der Waals surface area contributed by atoms with E-state index in [2.05, 4.69) is 4.74 Å². The topological polar surface area (TPSA) is 26.3 Å². The van der Waals surface area contributed by atoms with Crippen molar-refractivity contribution in [1.82, 2.24) is 0 Å². The standard InChI is InChI=1S/C15H14F16O2/c1-3-8(2,16)7(32)33-5-4-9(17,18)6-10(19,20)11(21,22)12(23,24)13(25,26)14(27,28)15(29,30)31/h3-6H2,1-2H3. The molecule has 1 unspecified atom stereocenters. The zero-order valence-corrected chi connectivity index (χ0v) is 16.2. The largest absolute Gasteiger partial charge is 0.463 e. The van der Waals surface area contributed by atoms with Crippen molar-refractivity contribution in [3.8, 4) is 0 Å². The number of rotatable bonds is 11. The van der Waals surface area contributed by atoms with Crippen molar-refractivity contribution in [3.63, 3.8) is 0 Å². The summed E-state index contributed by atoms with van der Waals surface area (Å²) < 4.78 is 212. The van der Waals surface area contributed by atoms with Gasteiger partial charge in [0, 0.05) is 6.42 Å². The Balaban J connectivity index is 5.79. The van der Waals surface area contributed by atoms with E-state index in [0.717, 1.165) is 6.92 Å². The van der Waals surface area contributed by atoms with Crippen molar-refractivity contribution < 1.29 is 79.8 Å². The quantitative estimate of drug-likeness (QED) is 0.217. The van der Waals surface area contributed by atoms with Crippen LogP contribution in [0.3, 0.4) is 0 Å². The predicted molar refractivity (Wildman–Crippen MR) is 75.7 cm³/mol. The molecule has 0 N–H and O–H groups in total. The molecule has 0 amide bonds. The average molecular weight is 530 g/mol. The van der Waals surface area contributed by atoms with Crippen molar-refractivity contribution in [1.29, 1.82) is 0 Å². The first kappa shape index (κ1) is 31.4. The Labute approximate surface area is 174 Å². The second-order valence-corrected chi connectivity index (χ2v) is 6.97. The van der Waals surface area contributed by atoms with Gasteiger partial charge in [0.2, 0.25) is 5.67 Å². The molecule has 0 aromatic carbocycles. The van der Waals surface area contributed by atoms with Gasteiger partial charge >= 0.3 is 41.8 Å². The maximum absolute atomic E-state index is 13.5. The molecule has 1 atom stereocenters. The Bertz CT molecular complexity index is 695. The molecule has 33 heavy (non-hydrogen) atoms. The highest BCUT2D eigenvalue weighted by Crippen LogP contribution is 2.61. The van der Waals surface area contributed by atoms with Crippen LogP contribution in [0.4, 0.5) is 70.2 Å². The third kappa shape index (κ3) is 5.71. The van der Waals surface area contributed by atoms with Gasteiger partial charge in [0.15, 0.2) is 0 Å². The van der Waals surface area contributed by atoms with E-state index in [-0.39, 0.29) is 0 Å². The van der Waals surface area contributed by atoms with Crippen LogP contribution < -0.4 is 0 Å². The third-order valence-electron chi connectivity index (χ3n) is 4.27. The minimum absolute atomic E-state index is 0.571. The minimum Gasteiger partial charge on any atom is -0.463 e. The monoisotopic (exact) mass is 530 g/mol. The van der Waals surface area contributed by atoms with E-state index in [9.17, 15) is 75.0 Å². The van der Waals surface area contributed by atoms with E-state index < -0.39 is 79.2 Å². The van der Waals surface area contributed by atoms with Crippen molar-refractivity contribution in [3.05, 3.63) is 0 Å². The SMILES string of the molecule is CCC(C)(F)C(=O)OCCC(F)(F)CC(F)(F)C(F)(F)C(F)(F)C(F)(F)C(F)(F)C(F)(F)F. The Morgan fingerprint density at radius 3 is 1.42 bits per heavy atom. The van der Waals surface area contributed by atoms with Crippen molar-refractivity contribution in [2.75, 3.05) is 6.61 Å². The summed E-state index contributed by atoms with van der Waals surface area (Å²) in [6.45, 7) is 0.00359. The second-order valence-electron chi connectivity index (χ2n) is 6.97. The molecule has 0 saturated heterocycles. The highest BCUT2D eigenvalue weighted by molar-refractivity contribution is 5.78. The van der Waals surface area contributed by atoms with E-state index in [4.69, 9.17) is 0 Å². The molecule has 0 rings (SSSR count). The first-order valence-corrected chi connectivity index (χ1v) is 8.34. The maximum atomic E-state index is 13.5. The first-order chi connectivity index (χ1) is 14.1. The van der Waals surface area contributed by atoms with Crippen LogP contribution in [0.25, 0.3) is 0 Å². The predicted octanol–water partition coefficient (Wildman–Crippen LogP) is 6.82. The summed E-state index contributed by atoms with van der Waals surface area (Å²) in [5.74, 6) is -46.3. The van der Waals surface area contributed by atoms with Crippen LogP contribution >= 0.6 is 0 Å². The molecule has 0 saturated carbocycles. The lowest BCUT2D eigenvalue weighted by molar-refractivity contribution is -0.442. The fourth-order valence-corrected chi connectivity index (χ4v) is 1.91. The summed E-state index contributed by atoms with van der Waals surface area (Å²) in [4.78, 5) is 11.2. The Morgan fingerprint density at radius 2 is 1.06 bits per heavy atom. The van der Waals surface area contributed by atoms with Crippen LogP contribution in [0.1, 0.15) is 33.1 Å². The number of carbonyl (C=O) groups is 1. The molecule has 0 aromatic rings. The number of hydrogen-bond acceptors (Lipinski definition) is 2. The van der Waals surface area contributed by atoms with Gasteiger partial charge in [-0.2, -0.15) is 57.1 Å². The zero-order chi connectivity index (χ0) is 27.1.